The Balaban J connectivity index is 2.45. The zero-order valence-corrected chi connectivity index (χ0v) is 9.02. The van der Waals surface area contributed by atoms with E-state index in [0.29, 0.717) is 11.5 Å². The average molecular weight is 225 g/mol. The van der Waals surface area contributed by atoms with Crippen LogP contribution in [0.15, 0.2) is 11.2 Å². The second-order valence-electron chi connectivity index (χ2n) is 3.16. The highest BCUT2D eigenvalue weighted by atomic mass is 35.5. The molecule has 0 spiro atoms. The first-order valence-electron chi connectivity index (χ1n) is 4.24. The van der Waals surface area contributed by atoms with Crippen molar-refractivity contribution in [1.82, 2.24) is 25.1 Å². The smallest absolute Gasteiger partial charge is 0.224 e. The molecular formula is C8H9ClN6. The summed E-state index contributed by atoms with van der Waals surface area (Å²) in [5.74, 6) is 0.551. The number of rotatable bonds is 2. The highest BCUT2D eigenvalue weighted by Gasteiger charge is 2.05. The minimum Gasteiger partial charge on any atom is -0.369 e. The van der Waals surface area contributed by atoms with Crippen LogP contribution in [0.3, 0.4) is 0 Å². The molecule has 0 fully saturated rings. The van der Waals surface area contributed by atoms with Gasteiger partial charge in [0.05, 0.1) is 11.7 Å². The molecule has 78 valence electrons. The van der Waals surface area contributed by atoms with Crippen LogP contribution in [0.25, 0.3) is 11.0 Å². The zero-order chi connectivity index (χ0) is 10.8. The Bertz CT molecular complexity index is 503. The molecule has 2 rings (SSSR count). The average Bonchev–Trinajstić information content (AvgIpc) is 2.57. The van der Waals surface area contributed by atoms with E-state index in [1.807, 2.05) is 19.0 Å². The maximum Gasteiger partial charge on any atom is 0.224 e. The first kappa shape index (κ1) is 9.85. The lowest BCUT2D eigenvalue weighted by Crippen LogP contribution is -2.06. The fraction of sp³-hybridized carbons (Fsp3) is 0.250. The number of hydrogen-bond donors (Lipinski definition) is 1. The van der Waals surface area contributed by atoms with Crippen LogP contribution in [0.2, 0.25) is 5.28 Å². The van der Waals surface area contributed by atoms with Crippen LogP contribution in [-0.2, 0) is 0 Å². The summed E-state index contributed by atoms with van der Waals surface area (Å²) in [5.41, 5.74) is 0.584. The number of nitrogens with zero attached hydrogens (tertiary/aromatic N) is 5. The van der Waals surface area contributed by atoms with E-state index in [1.54, 1.807) is 12.5 Å². The number of fused-ring (bicyclic) bond motifs is 1. The lowest BCUT2D eigenvalue weighted by atomic mass is 10.4. The summed E-state index contributed by atoms with van der Waals surface area (Å²) < 4.78 is 0. The van der Waals surface area contributed by atoms with E-state index in [-0.39, 0.29) is 5.28 Å². The van der Waals surface area contributed by atoms with Gasteiger partial charge in [-0.05, 0) is 11.6 Å². The summed E-state index contributed by atoms with van der Waals surface area (Å²) >= 11 is 5.64. The molecule has 0 unspecified atom stereocenters. The Hall–Kier alpha value is -1.69. The van der Waals surface area contributed by atoms with E-state index in [4.69, 9.17) is 11.6 Å². The van der Waals surface area contributed by atoms with Crippen LogP contribution in [0, 0.1) is 0 Å². The standard InChI is InChI=1S/C8H9ClN6/c1-15(2)4-11-6-5-3-10-8(9)12-7(5)14-13-6/h3-4H,1-2H3,(H,10,12,13,14). The summed E-state index contributed by atoms with van der Waals surface area (Å²) in [5, 5.41) is 7.67. The van der Waals surface area contributed by atoms with Crippen LogP contribution in [0.5, 0.6) is 0 Å². The molecule has 0 radical (unpaired) electrons. The summed E-state index contributed by atoms with van der Waals surface area (Å²) in [6.45, 7) is 0. The molecule has 7 heteroatoms. The van der Waals surface area contributed by atoms with Crippen molar-refractivity contribution in [1.29, 1.82) is 0 Å². The summed E-state index contributed by atoms with van der Waals surface area (Å²) in [6, 6.07) is 0. The Morgan fingerprint density at radius 3 is 3.07 bits per heavy atom. The second kappa shape index (κ2) is 3.82. The van der Waals surface area contributed by atoms with Gasteiger partial charge < -0.3 is 4.90 Å². The molecule has 0 atom stereocenters. The van der Waals surface area contributed by atoms with E-state index in [2.05, 4.69) is 25.2 Å². The lowest BCUT2D eigenvalue weighted by molar-refractivity contribution is 0.643. The van der Waals surface area contributed by atoms with E-state index >= 15 is 0 Å². The maximum atomic E-state index is 5.64. The molecule has 0 saturated carbocycles. The number of hydrogen-bond acceptors (Lipinski definition) is 4. The molecule has 0 saturated heterocycles. The van der Waals surface area contributed by atoms with Crippen LogP contribution in [0.1, 0.15) is 0 Å². The van der Waals surface area contributed by atoms with Gasteiger partial charge in [-0.1, -0.05) is 0 Å². The van der Waals surface area contributed by atoms with Crippen LogP contribution >= 0.6 is 11.6 Å². The van der Waals surface area contributed by atoms with Crippen molar-refractivity contribution in [3.05, 3.63) is 11.5 Å². The Kier molecular flexibility index (Phi) is 2.51. The number of aromatic nitrogens is 4. The Labute approximate surface area is 91.0 Å². The predicted octanol–water partition coefficient (Wildman–Crippen LogP) is 1.23. The predicted molar refractivity (Wildman–Crippen MR) is 58.5 cm³/mol. The molecule has 0 bridgehead atoms. The van der Waals surface area contributed by atoms with Crippen LogP contribution in [0.4, 0.5) is 5.82 Å². The first-order valence-corrected chi connectivity index (χ1v) is 4.62. The monoisotopic (exact) mass is 224 g/mol. The van der Waals surface area contributed by atoms with Crippen molar-refractivity contribution in [3.63, 3.8) is 0 Å². The normalized spacial score (nSPS) is 11.4. The second-order valence-corrected chi connectivity index (χ2v) is 3.49. The number of aromatic amines is 1. The number of aliphatic imine (C=N–C) groups is 1. The van der Waals surface area contributed by atoms with Gasteiger partial charge in [0.25, 0.3) is 0 Å². The number of halogens is 1. The van der Waals surface area contributed by atoms with E-state index in [9.17, 15) is 0 Å². The molecule has 6 nitrogen and oxygen atoms in total. The van der Waals surface area contributed by atoms with Gasteiger partial charge in [0.15, 0.2) is 11.5 Å². The molecule has 0 aliphatic carbocycles. The topological polar surface area (TPSA) is 70.1 Å². The molecule has 0 aliphatic rings. The van der Waals surface area contributed by atoms with E-state index in [0.717, 1.165) is 5.39 Å². The molecule has 1 N–H and O–H groups in total. The van der Waals surface area contributed by atoms with Gasteiger partial charge in [0.2, 0.25) is 5.28 Å². The fourth-order valence-corrected chi connectivity index (χ4v) is 1.18. The molecule has 2 aromatic heterocycles. The van der Waals surface area contributed by atoms with Crippen molar-refractivity contribution in [2.24, 2.45) is 4.99 Å². The van der Waals surface area contributed by atoms with Crippen molar-refractivity contribution in [3.8, 4) is 0 Å². The first-order chi connectivity index (χ1) is 7.16. The van der Waals surface area contributed by atoms with Gasteiger partial charge in [-0.2, -0.15) is 10.1 Å². The molecule has 0 aliphatic heterocycles. The van der Waals surface area contributed by atoms with E-state index < -0.39 is 0 Å². The molecule has 0 amide bonds. The van der Waals surface area contributed by atoms with Crippen molar-refractivity contribution >= 4 is 34.8 Å². The van der Waals surface area contributed by atoms with Crippen molar-refractivity contribution in [2.45, 2.75) is 0 Å². The lowest BCUT2D eigenvalue weighted by Gasteiger charge is -2.00. The molecule has 2 heterocycles. The summed E-state index contributed by atoms with van der Waals surface area (Å²) in [4.78, 5) is 13.8. The fourth-order valence-electron chi connectivity index (χ4n) is 1.04. The third-order valence-electron chi connectivity index (χ3n) is 1.68. The third-order valence-corrected chi connectivity index (χ3v) is 1.86. The van der Waals surface area contributed by atoms with Gasteiger partial charge in [-0.3, -0.25) is 5.10 Å². The third kappa shape index (κ3) is 2.04. The highest BCUT2D eigenvalue weighted by molar-refractivity contribution is 6.28. The number of H-pyrrole nitrogens is 1. The molecule has 0 aromatic carbocycles. The largest absolute Gasteiger partial charge is 0.369 e. The minimum absolute atomic E-state index is 0.189. The van der Waals surface area contributed by atoms with Gasteiger partial charge in [0.1, 0.15) is 0 Å². The summed E-state index contributed by atoms with van der Waals surface area (Å²) in [7, 11) is 3.76. The Morgan fingerprint density at radius 1 is 1.53 bits per heavy atom. The van der Waals surface area contributed by atoms with Crippen molar-refractivity contribution in [2.75, 3.05) is 14.1 Å². The number of nitrogens with one attached hydrogen (secondary N) is 1. The quantitative estimate of drug-likeness (QED) is 0.473. The van der Waals surface area contributed by atoms with Crippen molar-refractivity contribution < 1.29 is 0 Å². The summed E-state index contributed by atoms with van der Waals surface area (Å²) in [6.07, 6.45) is 3.25. The maximum absolute atomic E-state index is 5.64. The SMILES string of the molecule is CN(C)C=Nc1n[nH]c2nc(Cl)ncc12. The Morgan fingerprint density at radius 2 is 2.33 bits per heavy atom. The van der Waals surface area contributed by atoms with Crippen LogP contribution < -0.4 is 0 Å². The molecular weight excluding hydrogens is 216 g/mol. The van der Waals surface area contributed by atoms with E-state index in [1.165, 1.54) is 0 Å². The zero-order valence-electron chi connectivity index (χ0n) is 8.27. The van der Waals surface area contributed by atoms with Gasteiger partial charge >= 0.3 is 0 Å². The van der Waals surface area contributed by atoms with Gasteiger partial charge in [0, 0.05) is 20.3 Å². The van der Waals surface area contributed by atoms with Gasteiger partial charge in [-0.25, -0.2) is 9.98 Å². The van der Waals surface area contributed by atoms with Crippen LogP contribution in [-0.4, -0.2) is 45.5 Å². The highest BCUT2D eigenvalue weighted by Crippen LogP contribution is 2.20. The minimum atomic E-state index is 0.189. The molecule has 15 heavy (non-hydrogen) atoms. The van der Waals surface area contributed by atoms with Gasteiger partial charge in [-0.15, -0.1) is 0 Å². The molecule has 2 aromatic rings.